The first kappa shape index (κ1) is 14.9. The highest BCUT2D eigenvalue weighted by Gasteiger charge is 2.39. The highest BCUT2D eigenvalue weighted by molar-refractivity contribution is 9.10. The molecule has 106 valence electrons. The van der Waals surface area contributed by atoms with E-state index in [1.165, 1.54) is 4.31 Å². The maximum Gasteiger partial charge on any atom is 0.243 e. The molecule has 5 nitrogen and oxygen atoms in total. The minimum Gasteiger partial charge on any atom is -0.377 e. The lowest BCUT2D eigenvalue weighted by atomic mass is 10.3. The molecular weight excluding hydrogens is 334 g/mol. The van der Waals surface area contributed by atoms with Gasteiger partial charge in [0.2, 0.25) is 10.0 Å². The molecule has 0 bridgehead atoms. The van der Waals surface area contributed by atoms with Gasteiger partial charge < -0.3 is 9.47 Å². The number of methoxy groups -OCH3 is 2. The predicted molar refractivity (Wildman–Crippen MR) is 74.5 cm³/mol. The SMILES string of the molecule is COC1CN(S(=O)(=O)c2cccc(Br)c2)CC1OC. The van der Waals surface area contributed by atoms with E-state index in [0.29, 0.717) is 13.1 Å². The molecule has 1 aliphatic heterocycles. The first-order valence-corrected chi connectivity index (χ1v) is 8.03. The van der Waals surface area contributed by atoms with Crippen molar-refractivity contribution in [2.24, 2.45) is 0 Å². The van der Waals surface area contributed by atoms with Crippen LogP contribution in [0.15, 0.2) is 33.6 Å². The van der Waals surface area contributed by atoms with Crippen LogP contribution in [0, 0.1) is 0 Å². The van der Waals surface area contributed by atoms with Crippen LogP contribution in [0.25, 0.3) is 0 Å². The van der Waals surface area contributed by atoms with E-state index in [9.17, 15) is 8.42 Å². The van der Waals surface area contributed by atoms with Gasteiger partial charge in [-0.2, -0.15) is 4.31 Å². The maximum atomic E-state index is 12.5. The van der Waals surface area contributed by atoms with Gasteiger partial charge in [0.1, 0.15) is 0 Å². The van der Waals surface area contributed by atoms with Gasteiger partial charge >= 0.3 is 0 Å². The predicted octanol–water partition coefficient (Wildman–Crippen LogP) is 1.48. The Hall–Kier alpha value is -0.470. The molecule has 1 saturated heterocycles. The van der Waals surface area contributed by atoms with Crippen LogP contribution in [0.3, 0.4) is 0 Å². The van der Waals surface area contributed by atoms with E-state index in [0.717, 1.165) is 4.47 Å². The second kappa shape index (κ2) is 5.88. The molecule has 2 rings (SSSR count). The Bertz CT molecular complexity index is 536. The zero-order valence-corrected chi connectivity index (χ0v) is 13.1. The fourth-order valence-corrected chi connectivity index (χ4v) is 4.20. The molecule has 1 heterocycles. The summed E-state index contributed by atoms with van der Waals surface area (Å²) < 4.78 is 37.7. The number of halogens is 1. The van der Waals surface area contributed by atoms with Crippen molar-refractivity contribution < 1.29 is 17.9 Å². The lowest BCUT2D eigenvalue weighted by molar-refractivity contribution is -0.00461. The summed E-state index contributed by atoms with van der Waals surface area (Å²) in [5.74, 6) is 0. The molecule has 1 aromatic rings. The van der Waals surface area contributed by atoms with Gasteiger partial charge in [-0.3, -0.25) is 0 Å². The standard InChI is InChI=1S/C12H16BrNO4S/c1-17-11-7-14(8-12(11)18-2)19(15,16)10-5-3-4-9(13)6-10/h3-6,11-12H,7-8H2,1-2H3. The van der Waals surface area contributed by atoms with Gasteiger partial charge in [0.05, 0.1) is 17.1 Å². The van der Waals surface area contributed by atoms with E-state index < -0.39 is 10.0 Å². The van der Waals surface area contributed by atoms with Gasteiger partial charge in [-0.15, -0.1) is 0 Å². The normalized spacial score (nSPS) is 24.8. The Morgan fingerprint density at radius 1 is 1.21 bits per heavy atom. The van der Waals surface area contributed by atoms with Crippen LogP contribution in [0.4, 0.5) is 0 Å². The van der Waals surface area contributed by atoms with E-state index in [-0.39, 0.29) is 17.1 Å². The number of nitrogens with zero attached hydrogens (tertiary/aromatic N) is 1. The fourth-order valence-electron chi connectivity index (χ4n) is 2.14. The van der Waals surface area contributed by atoms with E-state index in [1.54, 1.807) is 38.5 Å². The summed E-state index contributed by atoms with van der Waals surface area (Å²) in [5, 5.41) is 0. The molecule has 0 aromatic heterocycles. The molecule has 0 amide bonds. The fraction of sp³-hybridized carbons (Fsp3) is 0.500. The van der Waals surface area contributed by atoms with Crippen molar-refractivity contribution in [3.05, 3.63) is 28.7 Å². The third-order valence-corrected chi connectivity index (χ3v) is 5.54. The van der Waals surface area contributed by atoms with Crippen LogP contribution in [-0.2, 0) is 19.5 Å². The largest absolute Gasteiger partial charge is 0.377 e. The van der Waals surface area contributed by atoms with E-state index in [2.05, 4.69) is 15.9 Å². The number of benzene rings is 1. The molecule has 7 heteroatoms. The number of rotatable bonds is 4. The van der Waals surface area contributed by atoms with Gasteiger partial charge in [-0.05, 0) is 18.2 Å². The van der Waals surface area contributed by atoms with Crippen LogP contribution >= 0.6 is 15.9 Å². The van der Waals surface area contributed by atoms with Crippen LogP contribution in [0.1, 0.15) is 0 Å². The second-order valence-electron chi connectivity index (χ2n) is 4.33. The molecule has 2 unspecified atom stereocenters. The molecule has 0 saturated carbocycles. The Morgan fingerprint density at radius 2 is 1.79 bits per heavy atom. The smallest absolute Gasteiger partial charge is 0.243 e. The monoisotopic (exact) mass is 349 g/mol. The maximum absolute atomic E-state index is 12.5. The summed E-state index contributed by atoms with van der Waals surface area (Å²) in [6, 6.07) is 6.67. The van der Waals surface area contributed by atoms with Crippen LogP contribution in [0.5, 0.6) is 0 Å². The minimum absolute atomic E-state index is 0.230. The summed E-state index contributed by atoms with van der Waals surface area (Å²) >= 11 is 3.28. The molecule has 1 aliphatic rings. The summed E-state index contributed by atoms with van der Waals surface area (Å²) in [6.07, 6.45) is -0.459. The summed E-state index contributed by atoms with van der Waals surface area (Å²) in [5.41, 5.74) is 0. The lowest BCUT2D eigenvalue weighted by Gasteiger charge is -2.16. The van der Waals surface area contributed by atoms with E-state index in [4.69, 9.17) is 9.47 Å². The second-order valence-corrected chi connectivity index (χ2v) is 7.18. The highest BCUT2D eigenvalue weighted by atomic mass is 79.9. The van der Waals surface area contributed by atoms with Crippen molar-refractivity contribution in [3.8, 4) is 0 Å². The van der Waals surface area contributed by atoms with Crippen molar-refractivity contribution in [2.45, 2.75) is 17.1 Å². The van der Waals surface area contributed by atoms with Crippen LogP contribution < -0.4 is 0 Å². The van der Waals surface area contributed by atoms with Crippen molar-refractivity contribution in [1.82, 2.24) is 4.31 Å². The number of hydrogen-bond acceptors (Lipinski definition) is 4. The first-order chi connectivity index (χ1) is 8.98. The summed E-state index contributed by atoms with van der Waals surface area (Å²) in [6.45, 7) is 0.619. The minimum atomic E-state index is -3.50. The van der Waals surface area contributed by atoms with Crippen LogP contribution in [0.2, 0.25) is 0 Å². The molecule has 19 heavy (non-hydrogen) atoms. The number of hydrogen-bond donors (Lipinski definition) is 0. The van der Waals surface area contributed by atoms with Gasteiger partial charge in [0.25, 0.3) is 0 Å². The molecular formula is C12H16BrNO4S. The van der Waals surface area contributed by atoms with Crippen molar-refractivity contribution in [2.75, 3.05) is 27.3 Å². The molecule has 1 fully saturated rings. The van der Waals surface area contributed by atoms with Crippen molar-refractivity contribution in [3.63, 3.8) is 0 Å². The van der Waals surface area contributed by atoms with E-state index in [1.807, 2.05) is 0 Å². The lowest BCUT2D eigenvalue weighted by Crippen LogP contribution is -2.30. The van der Waals surface area contributed by atoms with Crippen molar-refractivity contribution >= 4 is 26.0 Å². The van der Waals surface area contributed by atoms with Crippen molar-refractivity contribution in [1.29, 1.82) is 0 Å². The third kappa shape index (κ3) is 3.00. The molecule has 2 atom stereocenters. The van der Waals surface area contributed by atoms with Gasteiger partial charge in [-0.1, -0.05) is 22.0 Å². The van der Waals surface area contributed by atoms with Gasteiger partial charge in [0.15, 0.2) is 0 Å². The first-order valence-electron chi connectivity index (χ1n) is 5.80. The van der Waals surface area contributed by atoms with Gasteiger partial charge in [-0.25, -0.2) is 8.42 Å². The zero-order valence-electron chi connectivity index (χ0n) is 10.7. The number of sulfonamides is 1. The molecule has 1 aromatic carbocycles. The summed E-state index contributed by atoms with van der Waals surface area (Å²) in [4.78, 5) is 0.272. The quantitative estimate of drug-likeness (QED) is 0.826. The average Bonchev–Trinajstić information content (AvgIpc) is 2.82. The Labute approximate surface area is 121 Å². The topological polar surface area (TPSA) is 55.8 Å². The Morgan fingerprint density at radius 3 is 2.26 bits per heavy atom. The zero-order chi connectivity index (χ0) is 14.0. The average molecular weight is 350 g/mol. The van der Waals surface area contributed by atoms with Gasteiger partial charge in [0, 0.05) is 31.8 Å². The summed E-state index contributed by atoms with van der Waals surface area (Å²) in [7, 11) is -0.381. The Kier molecular flexibility index (Phi) is 4.62. The molecule has 0 radical (unpaired) electrons. The molecule has 0 N–H and O–H groups in total. The number of ether oxygens (including phenoxy) is 2. The third-order valence-electron chi connectivity index (χ3n) is 3.22. The Balaban J connectivity index is 2.27. The molecule has 0 spiro atoms. The van der Waals surface area contributed by atoms with Crippen LogP contribution in [-0.4, -0.2) is 52.2 Å². The van der Waals surface area contributed by atoms with E-state index >= 15 is 0 Å². The highest BCUT2D eigenvalue weighted by Crippen LogP contribution is 2.25. The molecule has 0 aliphatic carbocycles.